The molecule has 1 N–H and O–H groups in total. The average molecular weight is 254 g/mol. The minimum Gasteiger partial charge on any atom is -0.374 e. The van der Waals surface area contributed by atoms with E-state index < -0.39 is 0 Å². The van der Waals surface area contributed by atoms with Gasteiger partial charge in [-0.1, -0.05) is 20.8 Å². The molecule has 3 unspecified atom stereocenters. The number of nitrogens with zero attached hydrogens (tertiary/aromatic N) is 1. The molecule has 106 valence electrons. The Balaban J connectivity index is 1.88. The zero-order chi connectivity index (χ0) is 13.0. The fraction of sp³-hybridized carbons (Fsp3) is 1.00. The van der Waals surface area contributed by atoms with E-state index in [1.807, 2.05) is 0 Å². The molecule has 0 aromatic rings. The Morgan fingerprint density at radius 3 is 2.94 bits per heavy atom. The van der Waals surface area contributed by atoms with Gasteiger partial charge in [0.1, 0.15) is 0 Å². The number of fused-ring (bicyclic) bond motifs is 1. The Morgan fingerprint density at radius 2 is 2.22 bits per heavy atom. The van der Waals surface area contributed by atoms with Crippen molar-refractivity contribution in [3.8, 4) is 0 Å². The SMILES string of the molecule is CCCNC(CC(C)C)C1CN2CCCC2CO1. The van der Waals surface area contributed by atoms with E-state index >= 15 is 0 Å². The first-order chi connectivity index (χ1) is 8.70. The highest BCUT2D eigenvalue weighted by atomic mass is 16.5. The van der Waals surface area contributed by atoms with Gasteiger partial charge < -0.3 is 10.1 Å². The van der Waals surface area contributed by atoms with Gasteiger partial charge >= 0.3 is 0 Å². The van der Waals surface area contributed by atoms with Gasteiger partial charge in [0.2, 0.25) is 0 Å². The van der Waals surface area contributed by atoms with Crippen molar-refractivity contribution in [3.05, 3.63) is 0 Å². The molecule has 0 spiro atoms. The van der Waals surface area contributed by atoms with Crippen molar-refractivity contribution in [2.24, 2.45) is 5.92 Å². The van der Waals surface area contributed by atoms with Gasteiger partial charge in [-0.25, -0.2) is 0 Å². The summed E-state index contributed by atoms with van der Waals surface area (Å²) in [6.45, 7) is 11.3. The van der Waals surface area contributed by atoms with Crippen LogP contribution in [0.2, 0.25) is 0 Å². The van der Waals surface area contributed by atoms with E-state index in [1.54, 1.807) is 0 Å². The standard InChI is InChI=1S/C15H30N2O/c1-4-7-16-14(9-12(2)3)15-10-17-8-5-6-13(17)11-18-15/h12-16H,4-11H2,1-3H3. The summed E-state index contributed by atoms with van der Waals surface area (Å²) in [6.07, 6.45) is 5.52. The zero-order valence-corrected chi connectivity index (χ0v) is 12.3. The van der Waals surface area contributed by atoms with E-state index in [9.17, 15) is 0 Å². The second-order valence-corrected chi connectivity index (χ2v) is 6.35. The van der Waals surface area contributed by atoms with Crippen LogP contribution in [0, 0.1) is 5.92 Å². The van der Waals surface area contributed by atoms with Gasteiger partial charge in [0.25, 0.3) is 0 Å². The van der Waals surface area contributed by atoms with Crippen LogP contribution in [-0.2, 0) is 4.74 Å². The molecule has 0 aliphatic carbocycles. The Labute approximate surface area is 112 Å². The maximum Gasteiger partial charge on any atom is 0.0855 e. The molecular weight excluding hydrogens is 224 g/mol. The molecule has 2 aliphatic heterocycles. The molecule has 0 amide bonds. The van der Waals surface area contributed by atoms with Crippen molar-refractivity contribution in [1.82, 2.24) is 10.2 Å². The number of morpholine rings is 1. The zero-order valence-electron chi connectivity index (χ0n) is 12.3. The average Bonchev–Trinajstić information content (AvgIpc) is 2.81. The molecule has 3 heteroatoms. The van der Waals surface area contributed by atoms with Gasteiger partial charge in [-0.15, -0.1) is 0 Å². The normalized spacial score (nSPS) is 30.7. The molecule has 0 aromatic heterocycles. The molecule has 3 nitrogen and oxygen atoms in total. The van der Waals surface area contributed by atoms with Crippen molar-refractivity contribution >= 4 is 0 Å². The molecule has 2 heterocycles. The first-order valence-corrected chi connectivity index (χ1v) is 7.79. The molecule has 18 heavy (non-hydrogen) atoms. The first kappa shape index (κ1) is 14.3. The maximum atomic E-state index is 6.15. The summed E-state index contributed by atoms with van der Waals surface area (Å²) in [5.74, 6) is 0.735. The Hall–Kier alpha value is -0.120. The van der Waals surface area contributed by atoms with Crippen LogP contribution < -0.4 is 5.32 Å². The van der Waals surface area contributed by atoms with Gasteiger partial charge in [-0.05, 0) is 44.7 Å². The van der Waals surface area contributed by atoms with Crippen molar-refractivity contribution < 1.29 is 4.74 Å². The highest BCUT2D eigenvalue weighted by Crippen LogP contribution is 2.25. The third-order valence-electron chi connectivity index (χ3n) is 4.25. The fourth-order valence-electron chi connectivity index (χ4n) is 3.29. The van der Waals surface area contributed by atoms with Crippen molar-refractivity contribution in [1.29, 1.82) is 0 Å². The van der Waals surface area contributed by atoms with Crippen LogP contribution in [0.5, 0.6) is 0 Å². The van der Waals surface area contributed by atoms with Crippen LogP contribution in [0.1, 0.15) is 46.5 Å². The number of hydrogen-bond donors (Lipinski definition) is 1. The summed E-state index contributed by atoms with van der Waals surface area (Å²) < 4.78 is 6.15. The van der Waals surface area contributed by atoms with Gasteiger partial charge in [-0.2, -0.15) is 0 Å². The first-order valence-electron chi connectivity index (χ1n) is 7.79. The molecule has 2 fully saturated rings. The van der Waals surface area contributed by atoms with Crippen molar-refractivity contribution in [3.63, 3.8) is 0 Å². The maximum absolute atomic E-state index is 6.15. The minimum absolute atomic E-state index is 0.397. The molecule has 0 saturated carbocycles. The molecule has 3 atom stereocenters. The van der Waals surface area contributed by atoms with Crippen LogP contribution in [0.4, 0.5) is 0 Å². The second kappa shape index (κ2) is 6.88. The van der Waals surface area contributed by atoms with E-state index in [0.29, 0.717) is 18.2 Å². The molecule has 2 saturated heterocycles. The van der Waals surface area contributed by atoms with E-state index in [2.05, 4.69) is 31.0 Å². The molecule has 0 radical (unpaired) electrons. The fourth-order valence-corrected chi connectivity index (χ4v) is 3.29. The van der Waals surface area contributed by atoms with Crippen LogP contribution >= 0.6 is 0 Å². The lowest BCUT2D eigenvalue weighted by atomic mass is 9.97. The summed E-state index contributed by atoms with van der Waals surface area (Å²) >= 11 is 0. The molecule has 2 rings (SSSR count). The van der Waals surface area contributed by atoms with Crippen LogP contribution in [0.3, 0.4) is 0 Å². The Kier molecular flexibility index (Phi) is 5.46. The lowest BCUT2D eigenvalue weighted by Crippen LogP contribution is -2.54. The van der Waals surface area contributed by atoms with Gasteiger partial charge in [0.15, 0.2) is 0 Å². The largest absolute Gasteiger partial charge is 0.374 e. The lowest BCUT2D eigenvalue weighted by Gasteiger charge is -2.39. The Bertz CT molecular complexity index is 245. The third-order valence-corrected chi connectivity index (χ3v) is 4.25. The summed E-state index contributed by atoms with van der Waals surface area (Å²) in [5.41, 5.74) is 0. The Morgan fingerprint density at radius 1 is 1.39 bits per heavy atom. The van der Waals surface area contributed by atoms with Crippen molar-refractivity contribution in [2.75, 3.05) is 26.2 Å². The summed E-state index contributed by atoms with van der Waals surface area (Å²) in [4.78, 5) is 2.65. The summed E-state index contributed by atoms with van der Waals surface area (Å²) in [7, 11) is 0. The van der Waals surface area contributed by atoms with Gasteiger partial charge in [-0.3, -0.25) is 4.90 Å². The minimum atomic E-state index is 0.397. The highest BCUT2D eigenvalue weighted by Gasteiger charge is 2.35. The summed E-state index contributed by atoms with van der Waals surface area (Å²) in [5, 5.41) is 3.70. The lowest BCUT2D eigenvalue weighted by molar-refractivity contribution is -0.0670. The third kappa shape index (κ3) is 3.69. The predicted molar refractivity (Wildman–Crippen MR) is 75.9 cm³/mol. The number of hydrogen-bond acceptors (Lipinski definition) is 3. The molecule has 2 aliphatic rings. The second-order valence-electron chi connectivity index (χ2n) is 6.35. The molecule has 0 aromatic carbocycles. The number of ether oxygens (including phenoxy) is 1. The van der Waals surface area contributed by atoms with Gasteiger partial charge in [0.05, 0.1) is 12.7 Å². The van der Waals surface area contributed by atoms with Crippen LogP contribution in [0.25, 0.3) is 0 Å². The van der Waals surface area contributed by atoms with Crippen molar-refractivity contribution in [2.45, 2.75) is 64.6 Å². The van der Waals surface area contributed by atoms with Crippen LogP contribution in [-0.4, -0.2) is 49.3 Å². The summed E-state index contributed by atoms with van der Waals surface area (Å²) in [6, 6.07) is 1.25. The van der Waals surface area contributed by atoms with E-state index in [-0.39, 0.29) is 0 Å². The predicted octanol–water partition coefficient (Wildman–Crippen LogP) is 2.26. The number of rotatable bonds is 6. The topological polar surface area (TPSA) is 24.5 Å². The van der Waals surface area contributed by atoms with Gasteiger partial charge in [0, 0.05) is 18.6 Å². The molecule has 0 bridgehead atoms. The molecular formula is C15H30N2O. The smallest absolute Gasteiger partial charge is 0.0855 e. The quantitative estimate of drug-likeness (QED) is 0.787. The van der Waals surface area contributed by atoms with E-state index in [4.69, 9.17) is 4.74 Å². The van der Waals surface area contributed by atoms with E-state index in [1.165, 1.54) is 32.2 Å². The monoisotopic (exact) mass is 254 g/mol. The number of nitrogens with one attached hydrogen (secondary N) is 1. The van der Waals surface area contributed by atoms with E-state index in [0.717, 1.165) is 25.6 Å². The highest BCUT2D eigenvalue weighted by molar-refractivity contribution is 4.90. The van der Waals surface area contributed by atoms with Crippen LogP contribution in [0.15, 0.2) is 0 Å².